The zero-order valence-corrected chi connectivity index (χ0v) is 59.0. The van der Waals surface area contributed by atoms with Crippen molar-refractivity contribution in [1.29, 1.82) is 0 Å². The molecule has 10 heteroatoms. The monoisotopic (exact) mass is 1330 g/mol. The van der Waals surface area contributed by atoms with Crippen LogP contribution in [0.5, 0.6) is 17.2 Å². The summed E-state index contributed by atoms with van der Waals surface area (Å²) in [5.74, 6) is 2.94. The van der Waals surface area contributed by atoms with Gasteiger partial charge in [-0.15, -0.1) is 17.1 Å². The maximum Gasteiger partial charge on any atom is 3.00 e. The van der Waals surface area contributed by atoms with E-state index in [0.29, 0.717) is 0 Å². The fourth-order valence-corrected chi connectivity index (χ4v) is 15.5. The van der Waals surface area contributed by atoms with Crippen LogP contribution in [0, 0.1) is 6.92 Å². The van der Waals surface area contributed by atoms with Crippen molar-refractivity contribution in [3.63, 3.8) is 0 Å². The van der Waals surface area contributed by atoms with E-state index in [-0.39, 0.29) is 32.7 Å². The van der Waals surface area contributed by atoms with Crippen LogP contribution in [-0.4, -0.2) is 40.0 Å². The molecule has 7 aromatic carbocycles. The summed E-state index contributed by atoms with van der Waals surface area (Å²) in [7, 11) is 5.38. The molecule has 480 valence electrons. The number of aryl methyl sites for hydroxylation is 7. The van der Waals surface area contributed by atoms with Crippen LogP contribution in [0.3, 0.4) is 0 Å². The summed E-state index contributed by atoms with van der Waals surface area (Å²) in [6.07, 6.45) is 39.9. The second kappa shape index (κ2) is 32.6. The quantitative estimate of drug-likeness (QED) is 0.113. The topological polar surface area (TPSA) is 107 Å². The van der Waals surface area contributed by atoms with Gasteiger partial charge in [-0.2, -0.15) is 18.6 Å². The molecule has 0 radical (unpaired) electrons. The second-order valence-electron chi connectivity index (χ2n) is 26.0. The van der Waals surface area contributed by atoms with Crippen LogP contribution in [0.2, 0.25) is 0 Å². The first-order valence-electron chi connectivity index (χ1n) is 34.8. The van der Waals surface area contributed by atoms with E-state index in [2.05, 4.69) is 107 Å². The number of ether oxygens (including phenoxy) is 3. The van der Waals surface area contributed by atoms with Gasteiger partial charge in [-0.1, -0.05) is 109 Å². The number of hydrogen-bond donors (Lipinski definition) is 0. The predicted octanol–water partition coefficient (Wildman–Crippen LogP) is 19.5. The number of aromatic nitrogens is 3. The first kappa shape index (κ1) is 66.9. The second-order valence-corrected chi connectivity index (χ2v) is 26.0. The summed E-state index contributed by atoms with van der Waals surface area (Å²) in [6, 6.07) is 48.8. The molecule has 0 spiro atoms. The zero-order chi connectivity index (χ0) is 64.0. The molecule has 0 bridgehead atoms. The van der Waals surface area contributed by atoms with Gasteiger partial charge in [0.05, 0.1) is 38.4 Å². The number of hydrogen-bond acceptors (Lipinski definition) is 6. The standard InChI is InChI=1S/3C26H27N2O.C7H8.Y/c3*1-29-24-15-13-19-8-3-5-11-22(19)26(24)25-21-10-4-2-7-18(21)12-14-23(25)28-17-20-9-6-16-27-20;1-7-5-3-2-4-6-7;/h3*6,9,12-17H,2-5,7-8,10-11H2,1H3;2-6H,1H3;/q3*-1;;+3. The minimum Gasteiger partial charge on any atom is -0.663 e. The summed E-state index contributed by atoms with van der Waals surface area (Å²) >= 11 is 0. The van der Waals surface area contributed by atoms with Crippen molar-refractivity contribution < 1.29 is 46.9 Å². The third-order valence-corrected chi connectivity index (χ3v) is 20.1. The van der Waals surface area contributed by atoms with Crippen LogP contribution in [-0.2, 0) is 110 Å². The number of methoxy groups -OCH3 is 3. The van der Waals surface area contributed by atoms with Gasteiger partial charge >= 0.3 is 32.7 Å². The first-order valence-corrected chi connectivity index (χ1v) is 34.8. The molecule has 0 aliphatic heterocycles. The van der Waals surface area contributed by atoms with Crippen molar-refractivity contribution in [3.05, 3.63) is 248 Å². The van der Waals surface area contributed by atoms with Gasteiger partial charge in [0.15, 0.2) is 0 Å². The molecule has 0 saturated carbocycles. The van der Waals surface area contributed by atoms with Crippen LogP contribution in [0.1, 0.15) is 166 Å². The summed E-state index contributed by atoms with van der Waals surface area (Å²) in [6.45, 7) is 2.08. The van der Waals surface area contributed by atoms with E-state index in [1.807, 2.05) is 91.8 Å². The SMILES string of the molecule is COc1ccc2c(c1-c1c(N=Cc3ccc[n-]3)ccc3c1CCCC3)CCCC2.COc1ccc2c(c1-c1c(N=Cc3ccc[n-]3)ccc3c1CCCC3)CCCC2.COc1ccc2c(c1-c1c(N=Cc3ccc[n-]3)ccc3c1CCCC3)CCCC2.Cc1ccccc1.[Y+3]. The van der Waals surface area contributed by atoms with Crippen LogP contribution in [0.4, 0.5) is 17.1 Å². The van der Waals surface area contributed by atoms with Crippen molar-refractivity contribution in [2.24, 2.45) is 15.0 Å². The molecule has 0 N–H and O–H groups in total. The van der Waals surface area contributed by atoms with Gasteiger partial charge in [0.25, 0.3) is 0 Å². The Balaban J connectivity index is 0.000000129. The Morgan fingerprint density at radius 1 is 0.284 bits per heavy atom. The van der Waals surface area contributed by atoms with Gasteiger partial charge in [0, 0.05) is 52.0 Å². The van der Waals surface area contributed by atoms with Gasteiger partial charge in [-0.3, -0.25) is 15.0 Å². The third kappa shape index (κ3) is 15.4. The van der Waals surface area contributed by atoms with Crippen molar-refractivity contribution in [3.8, 4) is 50.6 Å². The molecule has 3 heterocycles. The van der Waals surface area contributed by atoms with Crippen LogP contribution >= 0.6 is 0 Å². The normalized spacial score (nSPS) is 15.2. The molecular weight excluding hydrogens is 1240 g/mol. The average Bonchev–Trinajstić information content (AvgIpc) is 1.09. The van der Waals surface area contributed by atoms with E-state index in [1.165, 1.54) is 183 Å². The number of benzene rings is 7. The van der Waals surface area contributed by atoms with Gasteiger partial charge < -0.3 is 29.2 Å². The molecule has 9 nitrogen and oxygen atoms in total. The van der Waals surface area contributed by atoms with E-state index in [4.69, 9.17) is 29.2 Å². The number of rotatable bonds is 12. The van der Waals surface area contributed by atoms with E-state index in [0.717, 1.165) is 128 Å². The molecule has 6 aliphatic carbocycles. The predicted molar refractivity (Wildman–Crippen MR) is 387 cm³/mol. The Morgan fingerprint density at radius 2 is 0.537 bits per heavy atom. The van der Waals surface area contributed by atoms with E-state index in [1.54, 1.807) is 21.3 Å². The summed E-state index contributed by atoms with van der Waals surface area (Å²) in [5.41, 5.74) is 32.5. The molecule has 95 heavy (non-hydrogen) atoms. The molecule has 0 fully saturated rings. The number of aliphatic imine (C=N–C) groups is 3. The average molecular weight is 1330 g/mol. The van der Waals surface area contributed by atoms with Gasteiger partial charge in [-0.05, 0) is 264 Å². The van der Waals surface area contributed by atoms with Crippen LogP contribution in [0.25, 0.3) is 33.4 Å². The van der Waals surface area contributed by atoms with E-state index >= 15 is 0 Å². The summed E-state index contributed by atoms with van der Waals surface area (Å²) in [5, 5.41) is 0. The Kier molecular flexibility index (Phi) is 22.9. The molecule has 3 aromatic heterocycles. The van der Waals surface area contributed by atoms with Crippen molar-refractivity contribution in [2.45, 2.75) is 161 Å². The van der Waals surface area contributed by atoms with E-state index < -0.39 is 0 Å². The Hall–Kier alpha value is -8.11. The number of fused-ring (bicyclic) bond motifs is 6. The maximum atomic E-state index is 5.90. The smallest absolute Gasteiger partial charge is 0.663 e. The maximum absolute atomic E-state index is 5.90. The minimum absolute atomic E-state index is 0. The number of nitrogens with zero attached hydrogens (tertiary/aromatic N) is 6. The Bertz CT molecular complexity index is 3880. The Labute approximate surface area is 588 Å². The third-order valence-electron chi connectivity index (χ3n) is 20.1. The largest absolute Gasteiger partial charge is 3.00 e. The fraction of sp³-hybridized carbons (Fsp3) is 0.329. The molecule has 0 saturated heterocycles. The van der Waals surface area contributed by atoms with Crippen molar-refractivity contribution in [1.82, 2.24) is 15.0 Å². The molecular formula is C85H89N6O3Y. The molecule has 10 aromatic rings. The zero-order valence-electron chi connectivity index (χ0n) is 56.2. The van der Waals surface area contributed by atoms with Gasteiger partial charge in [0.1, 0.15) is 17.2 Å². The summed E-state index contributed by atoms with van der Waals surface area (Å²) in [4.78, 5) is 27.8. The molecule has 0 amide bonds. The van der Waals surface area contributed by atoms with Crippen LogP contribution in [0.15, 0.2) is 173 Å². The van der Waals surface area contributed by atoms with Crippen LogP contribution < -0.4 is 29.2 Å². The molecule has 6 aliphatic rings. The Morgan fingerprint density at radius 3 is 0.768 bits per heavy atom. The molecule has 16 rings (SSSR count). The van der Waals surface area contributed by atoms with Crippen molar-refractivity contribution in [2.75, 3.05) is 21.3 Å². The van der Waals surface area contributed by atoms with Gasteiger partial charge in [-0.25, -0.2) is 0 Å². The van der Waals surface area contributed by atoms with E-state index in [9.17, 15) is 0 Å². The first-order chi connectivity index (χ1) is 46.4. The fourth-order valence-electron chi connectivity index (χ4n) is 15.5. The van der Waals surface area contributed by atoms with Gasteiger partial charge in [0.2, 0.25) is 0 Å². The minimum atomic E-state index is 0. The molecule has 0 unspecified atom stereocenters. The summed E-state index contributed by atoms with van der Waals surface area (Å²) < 4.78 is 17.7. The van der Waals surface area contributed by atoms with Crippen molar-refractivity contribution >= 4 is 35.7 Å². The molecule has 0 atom stereocenters.